The fourth-order valence-electron chi connectivity index (χ4n) is 1.56. The van der Waals surface area contributed by atoms with Gasteiger partial charge in [0, 0.05) is 0 Å². The monoisotopic (exact) mass is 177 g/mol. The fraction of sp³-hybridized carbons (Fsp3) is 0.615. The van der Waals surface area contributed by atoms with Gasteiger partial charge in [-0.2, -0.15) is 0 Å². The molecule has 0 heteroatoms. The van der Waals surface area contributed by atoms with Gasteiger partial charge < -0.3 is 0 Å². The van der Waals surface area contributed by atoms with Crippen LogP contribution in [0, 0.1) is 6.42 Å². The lowest BCUT2D eigenvalue weighted by Gasteiger charge is -1.95. The van der Waals surface area contributed by atoms with Gasteiger partial charge in [-0.15, -0.1) is 0 Å². The first-order valence-corrected chi connectivity index (χ1v) is 5.62. The van der Waals surface area contributed by atoms with Gasteiger partial charge in [0.2, 0.25) is 0 Å². The van der Waals surface area contributed by atoms with Crippen LogP contribution in [0.25, 0.3) is 0 Å². The smallest absolute Gasteiger partial charge is 0.0348 e. The van der Waals surface area contributed by atoms with E-state index in [9.17, 15) is 0 Å². The third-order valence-corrected chi connectivity index (χ3v) is 2.39. The zero-order valence-electron chi connectivity index (χ0n) is 8.54. The molecule has 1 rings (SSSR count). The SMILES string of the molecule is [CH]1CC/C=C/CCC/C=C/CCC1. The number of rotatable bonds is 0. The van der Waals surface area contributed by atoms with E-state index < -0.39 is 0 Å². The van der Waals surface area contributed by atoms with Crippen LogP contribution in [0.3, 0.4) is 0 Å². The molecular formula is C13H21. The Bertz CT molecular complexity index is 135. The highest BCUT2D eigenvalue weighted by Gasteiger charge is 1.89. The molecule has 0 aromatic carbocycles. The van der Waals surface area contributed by atoms with Crippen LogP contribution in [0.4, 0.5) is 0 Å². The molecule has 0 aromatic rings. The minimum Gasteiger partial charge on any atom is -0.0885 e. The summed E-state index contributed by atoms with van der Waals surface area (Å²) in [4.78, 5) is 0. The summed E-state index contributed by atoms with van der Waals surface area (Å²) in [5.74, 6) is 0. The second-order valence-electron chi connectivity index (χ2n) is 3.67. The molecule has 1 radical (unpaired) electrons. The molecule has 0 atom stereocenters. The van der Waals surface area contributed by atoms with Crippen molar-refractivity contribution in [3.8, 4) is 0 Å². The largest absolute Gasteiger partial charge is 0.0885 e. The lowest BCUT2D eigenvalue weighted by molar-refractivity contribution is 0.778. The van der Waals surface area contributed by atoms with Crippen LogP contribution in [-0.4, -0.2) is 0 Å². The summed E-state index contributed by atoms with van der Waals surface area (Å²) in [6, 6.07) is 0. The summed E-state index contributed by atoms with van der Waals surface area (Å²) >= 11 is 0. The average Bonchev–Trinajstić information content (AvgIpc) is 2.18. The Morgan fingerprint density at radius 3 is 1.69 bits per heavy atom. The van der Waals surface area contributed by atoms with Crippen LogP contribution in [0.15, 0.2) is 24.3 Å². The molecule has 0 fully saturated rings. The van der Waals surface area contributed by atoms with Gasteiger partial charge in [-0.05, 0) is 57.8 Å². The molecule has 0 nitrogen and oxygen atoms in total. The van der Waals surface area contributed by atoms with Crippen molar-refractivity contribution in [2.75, 3.05) is 0 Å². The van der Waals surface area contributed by atoms with Gasteiger partial charge in [-0.3, -0.25) is 0 Å². The maximum absolute atomic E-state index is 2.43. The topological polar surface area (TPSA) is 0 Å². The Morgan fingerprint density at radius 1 is 0.462 bits per heavy atom. The van der Waals surface area contributed by atoms with Crippen molar-refractivity contribution in [2.24, 2.45) is 0 Å². The standard InChI is InChI=1S/C13H21/c1-2-4-6-8-10-12-13-11-9-7-5-3-1/h1-2,7,10,12H,3-6,8-9,11,13H2/b2-1+,12-10+. The average molecular weight is 177 g/mol. The number of hydrogen-bond donors (Lipinski definition) is 0. The first kappa shape index (κ1) is 10.6. The third kappa shape index (κ3) is 6.62. The summed E-state index contributed by atoms with van der Waals surface area (Å²) in [5, 5.41) is 0. The van der Waals surface area contributed by atoms with Gasteiger partial charge in [-0.25, -0.2) is 0 Å². The molecule has 0 unspecified atom stereocenters. The molecule has 0 amide bonds. The Labute approximate surface area is 82.7 Å². The molecule has 0 aromatic heterocycles. The van der Waals surface area contributed by atoms with Crippen molar-refractivity contribution in [3.63, 3.8) is 0 Å². The van der Waals surface area contributed by atoms with Crippen LogP contribution in [0.2, 0.25) is 0 Å². The zero-order chi connectivity index (χ0) is 9.19. The Balaban J connectivity index is 2.18. The van der Waals surface area contributed by atoms with Crippen molar-refractivity contribution in [1.29, 1.82) is 0 Å². The van der Waals surface area contributed by atoms with Crippen LogP contribution in [-0.2, 0) is 0 Å². The van der Waals surface area contributed by atoms with Crippen molar-refractivity contribution in [2.45, 2.75) is 51.4 Å². The lowest BCUT2D eigenvalue weighted by Crippen LogP contribution is -1.77. The molecule has 0 bridgehead atoms. The molecule has 0 spiro atoms. The predicted octanol–water partition coefficient (Wildman–Crippen LogP) is 4.44. The Hall–Kier alpha value is -0.520. The van der Waals surface area contributed by atoms with Crippen molar-refractivity contribution >= 4 is 0 Å². The maximum atomic E-state index is 2.43. The van der Waals surface area contributed by atoms with E-state index in [0.29, 0.717) is 0 Å². The van der Waals surface area contributed by atoms with Gasteiger partial charge in [0.15, 0.2) is 0 Å². The highest BCUT2D eigenvalue weighted by atomic mass is 14.0. The molecule has 0 saturated heterocycles. The fourth-order valence-corrected chi connectivity index (χ4v) is 1.56. The number of hydrogen-bond acceptors (Lipinski definition) is 0. The van der Waals surface area contributed by atoms with Gasteiger partial charge in [0.1, 0.15) is 0 Å². The molecule has 13 heavy (non-hydrogen) atoms. The molecule has 0 N–H and O–H groups in total. The third-order valence-electron chi connectivity index (χ3n) is 2.39. The van der Waals surface area contributed by atoms with E-state index in [4.69, 9.17) is 0 Å². The van der Waals surface area contributed by atoms with Gasteiger partial charge in [-0.1, -0.05) is 24.3 Å². The molecule has 0 heterocycles. The summed E-state index contributed by atoms with van der Waals surface area (Å²) in [6.07, 6.45) is 22.0. The van der Waals surface area contributed by atoms with Crippen molar-refractivity contribution in [1.82, 2.24) is 0 Å². The maximum Gasteiger partial charge on any atom is -0.0348 e. The van der Waals surface area contributed by atoms with Gasteiger partial charge in [0.25, 0.3) is 0 Å². The van der Waals surface area contributed by atoms with E-state index in [1.807, 2.05) is 0 Å². The first-order chi connectivity index (χ1) is 6.50. The normalized spacial score (nSPS) is 26.5. The Kier molecular flexibility index (Phi) is 6.58. The zero-order valence-corrected chi connectivity index (χ0v) is 8.54. The van der Waals surface area contributed by atoms with Crippen LogP contribution in [0.5, 0.6) is 0 Å². The summed E-state index contributed by atoms with van der Waals surface area (Å²) in [7, 11) is 0. The lowest BCUT2D eigenvalue weighted by atomic mass is 10.1. The molecule has 73 valence electrons. The van der Waals surface area contributed by atoms with E-state index in [0.717, 1.165) is 0 Å². The minimum absolute atomic E-state index is 1.24. The Morgan fingerprint density at radius 2 is 1.00 bits per heavy atom. The predicted molar refractivity (Wildman–Crippen MR) is 59.5 cm³/mol. The van der Waals surface area contributed by atoms with Crippen LogP contribution in [0.1, 0.15) is 51.4 Å². The summed E-state index contributed by atoms with van der Waals surface area (Å²) in [5.41, 5.74) is 0. The molecule has 1 aliphatic rings. The molecule has 0 aliphatic heterocycles. The molecular weight excluding hydrogens is 156 g/mol. The molecule has 1 aliphatic carbocycles. The van der Waals surface area contributed by atoms with Crippen LogP contribution >= 0.6 is 0 Å². The second-order valence-corrected chi connectivity index (χ2v) is 3.67. The van der Waals surface area contributed by atoms with Gasteiger partial charge >= 0.3 is 0 Å². The van der Waals surface area contributed by atoms with E-state index in [1.165, 1.54) is 51.4 Å². The van der Waals surface area contributed by atoms with E-state index in [1.54, 1.807) is 0 Å². The highest BCUT2D eigenvalue weighted by molar-refractivity contribution is 4.87. The summed E-state index contributed by atoms with van der Waals surface area (Å²) in [6.45, 7) is 0. The first-order valence-electron chi connectivity index (χ1n) is 5.62. The van der Waals surface area contributed by atoms with E-state index >= 15 is 0 Å². The van der Waals surface area contributed by atoms with E-state index in [2.05, 4.69) is 30.7 Å². The quantitative estimate of drug-likeness (QED) is 0.480. The number of allylic oxidation sites excluding steroid dienone is 4. The highest BCUT2D eigenvalue weighted by Crippen LogP contribution is 2.08. The van der Waals surface area contributed by atoms with Crippen molar-refractivity contribution < 1.29 is 0 Å². The van der Waals surface area contributed by atoms with Crippen LogP contribution < -0.4 is 0 Å². The summed E-state index contributed by atoms with van der Waals surface area (Å²) < 4.78 is 0. The van der Waals surface area contributed by atoms with Crippen molar-refractivity contribution in [3.05, 3.63) is 30.7 Å². The van der Waals surface area contributed by atoms with Gasteiger partial charge in [0.05, 0.1) is 0 Å². The van der Waals surface area contributed by atoms with E-state index in [-0.39, 0.29) is 0 Å². The minimum atomic E-state index is 1.24. The molecule has 0 saturated carbocycles. The second kappa shape index (κ2) is 8.10.